The van der Waals surface area contributed by atoms with Gasteiger partial charge in [0.25, 0.3) is 0 Å². The lowest BCUT2D eigenvalue weighted by atomic mass is 9.60. The van der Waals surface area contributed by atoms with E-state index in [4.69, 9.17) is 37.9 Å². The Morgan fingerprint density at radius 1 is 0.511 bits per heavy atom. The Kier molecular flexibility index (Phi) is 21.3. The standard InChI is InChI=1S/C35H60O10/c1-5-7-33(36)44-27-23-40-19-17-38-21-25-42-31-13-9-29(10-14-31)35(3,4)30-11-15-32(16-12-30)43-26-22-39-18-20-41-24-28-45-34(37)8-6-2/h5-8,29-32H,9-28H2,1-4H3. The average Bonchev–Trinajstić information content (AvgIpc) is 3.03. The van der Waals surface area contributed by atoms with Crippen LogP contribution in [-0.2, 0) is 47.5 Å². The van der Waals surface area contributed by atoms with Gasteiger partial charge in [-0.1, -0.05) is 26.0 Å². The minimum atomic E-state index is -0.348. The van der Waals surface area contributed by atoms with Gasteiger partial charge in [-0.05, 0) is 82.5 Å². The highest BCUT2D eigenvalue weighted by atomic mass is 16.6. The van der Waals surface area contributed by atoms with Crippen LogP contribution in [0.15, 0.2) is 24.3 Å². The van der Waals surface area contributed by atoms with Crippen LogP contribution in [0.5, 0.6) is 0 Å². The highest BCUT2D eigenvalue weighted by Crippen LogP contribution is 2.48. The van der Waals surface area contributed by atoms with Crippen molar-refractivity contribution >= 4 is 11.9 Å². The smallest absolute Gasteiger partial charge is 0.330 e. The van der Waals surface area contributed by atoms with E-state index in [1.165, 1.54) is 37.8 Å². The minimum absolute atomic E-state index is 0.248. The number of carbonyl (C=O) groups excluding carboxylic acids is 2. The maximum Gasteiger partial charge on any atom is 0.330 e. The molecule has 0 aliphatic heterocycles. The van der Waals surface area contributed by atoms with Crippen molar-refractivity contribution < 1.29 is 47.5 Å². The molecule has 0 spiro atoms. The van der Waals surface area contributed by atoms with Gasteiger partial charge in [-0.15, -0.1) is 0 Å². The molecule has 2 fully saturated rings. The SMILES string of the molecule is CC=CC(=O)OCCOCCOCCOC1CCC(C(C)(C)C2CCC(OCCOCCOCCOC(=O)C=CC)CC2)CC1. The summed E-state index contributed by atoms with van der Waals surface area (Å²) in [7, 11) is 0. The third-order valence-electron chi connectivity index (χ3n) is 8.91. The van der Waals surface area contributed by atoms with Gasteiger partial charge in [0, 0.05) is 12.2 Å². The second-order valence-corrected chi connectivity index (χ2v) is 12.3. The Bertz CT molecular complexity index is 760. The van der Waals surface area contributed by atoms with Crippen molar-refractivity contribution in [3.63, 3.8) is 0 Å². The molecule has 0 N–H and O–H groups in total. The molecule has 2 saturated carbocycles. The van der Waals surface area contributed by atoms with E-state index in [-0.39, 0.29) is 25.2 Å². The topological polar surface area (TPSA) is 108 Å². The number of carbonyl (C=O) groups is 2. The summed E-state index contributed by atoms with van der Waals surface area (Å²) in [6.45, 7) is 14.0. The van der Waals surface area contributed by atoms with E-state index in [0.717, 1.165) is 37.5 Å². The quantitative estimate of drug-likeness (QED) is 0.0766. The minimum Gasteiger partial charge on any atom is -0.460 e. The van der Waals surface area contributed by atoms with E-state index in [9.17, 15) is 9.59 Å². The highest BCUT2D eigenvalue weighted by molar-refractivity contribution is 5.82. The molecule has 0 aromatic heterocycles. The number of ether oxygens (including phenoxy) is 8. The fourth-order valence-electron chi connectivity index (χ4n) is 6.24. The molecule has 0 bridgehead atoms. The van der Waals surface area contributed by atoms with Crippen LogP contribution in [0.1, 0.15) is 79.1 Å². The molecule has 0 aromatic rings. The molecule has 0 aromatic carbocycles. The lowest BCUT2D eigenvalue weighted by molar-refractivity contribution is -0.140. The number of esters is 2. The predicted molar refractivity (Wildman–Crippen MR) is 172 cm³/mol. The Balaban J connectivity index is 1.44. The summed E-state index contributed by atoms with van der Waals surface area (Å²) in [6, 6.07) is 0. The van der Waals surface area contributed by atoms with Crippen LogP contribution in [0.3, 0.4) is 0 Å². The molecule has 45 heavy (non-hydrogen) atoms. The summed E-state index contributed by atoms with van der Waals surface area (Å²) in [5.74, 6) is 0.778. The molecule has 0 heterocycles. The lowest BCUT2D eigenvalue weighted by Crippen LogP contribution is -2.39. The molecule has 260 valence electrons. The van der Waals surface area contributed by atoms with E-state index in [1.54, 1.807) is 26.0 Å². The molecule has 0 amide bonds. The first kappa shape index (κ1) is 39.4. The second kappa shape index (κ2) is 24.4. The molecule has 10 heteroatoms. The molecular formula is C35H60O10. The zero-order valence-electron chi connectivity index (χ0n) is 28.3. The molecule has 2 aliphatic carbocycles. The van der Waals surface area contributed by atoms with Crippen molar-refractivity contribution in [2.24, 2.45) is 17.3 Å². The normalized spacial score (nSPS) is 22.7. The molecule has 2 aliphatic rings. The van der Waals surface area contributed by atoms with Crippen LogP contribution in [0, 0.1) is 17.3 Å². The zero-order valence-corrected chi connectivity index (χ0v) is 28.3. The van der Waals surface area contributed by atoms with Crippen molar-refractivity contribution in [2.75, 3.05) is 79.3 Å². The summed E-state index contributed by atoms with van der Waals surface area (Å²) in [6.07, 6.45) is 16.1. The Hall–Kier alpha value is -1.82. The fraction of sp³-hybridized carbons (Fsp3) is 0.829. The Morgan fingerprint density at radius 3 is 1.16 bits per heavy atom. The van der Waals surface area contributed by atoms with Gasteiger partial charge in [0.05, 0.1) is 78.3 Å². The van der Waals surface area contributed by atoms with Crippen LogP contribution in [0.25, 0.3) is 0 Å². The largest absolute Gasteiger partial charge is 0.460 e. The Labute approximate surface area is 271 Å². The van der Waals surface area contributed by atoms with E-state index in [1.807, 2.05) is 0 Å². The molecule has 2 rings (SSSR count). The van der Waals surface area contributed by atoms with Gasteiger partial charge >= 0.3 is 11.9 Å². The molecule has 0 saturated heterocycles. The van der Waals surface area contributed by atoms with Crippen LogP contribution >= 0.6 is 0 Å². The van der Waals surface area contributed by atoms with Crippen LogP contribution < -0.4 is 0 Å². The number of allylic oxidation sites excluding steroid dienone is 2. The highest BCUT2D eigenvalue weighted by Gasteiger charge is 2.40. The maximum atomic E-state index is 11.2. The first-order chi connectivity index (χ1) is 21.9. The fourth-order valence-corrected chi connectivity index (χ4v) is 6.24. The van der Waals surface area contributed by atoms with Gasteiger partial charge in [-0.25, -0.2) is 9.59 Å². The van der Waals surface area contributed by atoms with E-state index < -0.39 is 0 Å². The van der Waals surface area contributed by atoms with Crippen molar-refractivity contribution in [3.8, 4) is 0 Å². The monoisotopic (exact) mass is 640 g/mol. The molecule has 0 radical (unpaired) electrons. The first-order valence-corrected chi connectivity index (χ1v) is 17.0. The van der Waals surface area contributed by atoms with Gasteiger partial charge in [-0.2, -0.15) is 0 Å². The third kappa shape index (κ3) is 17.6. The van der Waals surface area contributed by atoms with E-state index >= 15 is 0 Å². The van der Waals surface area contributed by atoms with Crippen LogP contribution in [-0.4, -0.2) is 103 Å². The van der Waals surface area contributed by atoms with Gasteiger partial charge < -0.3 is 37.9 Å². The van der Waals surface area contributed by atoms with Crippen LogP contribution in [0.2, 0.25) is 0 Å². The van der Waals surface area contributed by atoms with Gasteiger partial charge in [0.1, 0.15) is 13.2 Å². The van der Waals surface area contributed by atoms with E-state index in [0.29, 0.717) is 83.7 Å². The van der Waals surface area contributed by atoms with Gasteiger partial charge in [0.15, 0.2) is 0 Å². The third-order valence-corrected chi connectivity index (χ3v) is 8.91. The maximum absolute atomic E-state index is 11.2. The van der Waals surface area contributed by atoms with Crippen molar-refractivity contribution in [3.05, 3.63) is 24.3 Å². The summed E-state index contributed by atoms with van der Waals surface area (Å²) in [5, 5.41) is 0. The number of hydrogen-bond acceptors (Lipinski definition) is 10. The van der Waals surface area contributed by atoms with Crippen molar-refractivity contribution in [1.82, 2.24) is 0 Å². The summed E-state index contributed by atoms with van der Waals surface area (Å²) < 4.78 is 44.2. The zero-order chi connectivity index (χ0) is 32.6. The predicted octanol–water partition coefficient (Wildman–Crippen LogP) is 5.47. The van der Waals surface area contributed by atoms with Crippen molar-refractivity contribution in [1.29, 1.82) is 0 Å². The lowest BCUT2D eigenvalue weighted by Gasteiger charge is -2.46. The van der Waals surface area contributed by atoms with Gasteiger partial charge in [0.2, 0.25) is 0 Å². The first-order valence-electron chi connectivity index (χ1n) is 17.0. The Morgan fingerprint density at radius 2 is 0.822 bits per heavy atom. The summed E-state index contributed by atoms with van der Waals surface area (Å²) in [4.78, 5) is 22.4. The average molecular weight is 641 g/mol. The van der Waals surface area contributed by atoms with Gasteiger partial charge in [-0.3, -0.25) is 0 Å². The van der Waals surface area contributed by atoms with Crippen LogP contribution in [0.4, 0.5) is 0 Å². The molecule has 0 atom stereocenters. The van der Waals surface area contributed by atoms with E-state index in [2.05, 4.69) is 13.8 Å². The summed E-state index contributed by atoms with van der Waals surface area (Å²) >= 11 is 0. The molecular weight excluding hydrogens is 580 g/mol. The molecule has 0 unspecified atom stereocenters. The number of rotatable bonds is 24. The second-order valence-electron chi connectivity index (χ2n) is 12.3. The number of hydrogen-bond donors (Lipinski definition) is 0. The van der Waals surface area contributed by atoms with Crippen molar-refractivity contribution in [2.45, 2.75) is 91.3 Å². The summed E-state index contributed by atoms with van der Waals surface area (Å²) in [5.41, 5.74) is 0.332. The molecule has 10 nitrogen and oxygen atoms in total.